The van der Waals surface area contributed by atoms with Crippen LogP contribution in [0, 0.1) is 0 Å². The Morgan fingerprint density at radius 1 is 1.58 bits per heavy atom. The van der Waals surface area contributed by atoms with E-state index in [0.29, 0.717) is 0 Å². The van der Waals surface area contributed by atoms with Gasteiger partial charge in [0.15, 0.2) is 0 Å². The van der Waals surface area contributed by atoms with Crippen molar-refractivity contribution in [3.8, 4) is 0 Å². The third kappa shape index (κ3) is 7.86. The summed E-state index contributed by atoms with van der Waals surface area (Å²) in [6.45, 7) is -0.709. The Balaban J connectivity index is 0. The van der Waals surface area contributed by atoms with Crippen LogP contribution in [0.15, 0.2) is 0 Å². The normalized spacial score (nSPS) is 13.2. The predicted molar refractivity (Wildman–Crippen MR) is 44.9 cm³/mol. The van der Waals surface area contributed by atoms with Gasteiger partial charge in [-0.05, 0) is 11.0 Å². The minimum absolute atomic E-state index is 0. The molecule has 0 radical (unpaired) electrons. The molecule has 1 atom stereocenters. The van der Waals surface area contributed by atoms with Crippen LogP contribution in [0.3, 0.4) is 0 Å². The number of rotatable bonds is 4. The summed E-state index contributed by atoms with van der Waals surface area (Å²) in [6.07, 6.45) is 0. The number of hydrogen-bond acceptors (Lipinski definition) is 4. The first-order valence-corrected chi connectivity index (χ1v) is 4.04. The lowest BCUT2D eigenvalue weighted by atomic mass is 10.3. The minimum Gasteiger partial charge on any atom is -0.480 e. The first-order valence-electron chi connectivity index (χ1n) is 2.51. The van der Waals surface area contributed by atoms with Crippen molar-refractivity contribution in [2.45, 2.75) is 6.04 Å². The molecule has 9 heteroatoms. The van der Waals surface area contributed by atoms with E-state index in [1.807, 2.05) is 0 Å². The summed E-state index contributed by atoms with van der Waals surface area (Å²) in [5.41, 5.74) is 4.86. The van der Waals surface area contributed by atoms with Crippen LogP contribution in [0.5, 0.6) is 0 Å². The number of aliphatic carboxylic acids is 1. The molecule has 0 heterocycles. The van der Waals surface area contributed by atoms with E-state index in [2.05, 4.69) is 4.52 Å². The van der Waals surface area contributed by atoms with Gasteiger partial charge >= 0.3 is 13.8 Å². The summed E-state index contributed by atoms with van der Waals surface area (Å²) in [4.78, 5) is 26.1. The fraction of sp³-hybridized carbons (Fsp3) is 0.667. The smallest absolute Gasteiger partial charge is 0.469 e. The lowest BCUT2D eigenvalue weighted by Crippen LogP contribution is -2.34. The monoisotopic (exact) mass is 217 g/mol. The zero-order valence-electron chi connectivity index (χ0n) is 5.38. The number of carboxylic acids is 1. The van der Waals surface area contributed by atoms with Crippen molar-refractivity contribution in [2.24, 2.45) is 5.73 Å². The third-order valence-electron chi connectivity index (χ3n) is 0.739. The van der Waals surface area contributed by atoms with Gasteiger partial charge in [-0.3, -0.25) is 9.32 Å². The summed E-state index contributed by atoms with van der Waals surface area (Å²) in [5, 5.41) is 8.12. The van der Waals surface area contributed by atoms with E-state index in [4.69, 9.17) is 20.6 Å². The Morgan fingerprint density at radius 3 is 2.25 bits per heavy atom. The molecule has 0 aromatic heterocycles. The lowest BCUT2D eigenvalue weighted by Gasteiger charge is -2.07. The van der Waals surface area contributed by atoms with Crippen molar-refractivity contribution in [3.63, 3.8) is 0 Å². The largest absolute Gasteiger partial charge is 0.480 e. The zero-order valence-corrected chi connectivity index (χ0v) is 6.27. The van der Waals surface area contributed by atoms with Gasteiger partial charge in [0.05, 0.1) is 6.61 Å². The van der Waals surface area contributed by atoms with Gasteiger partial charge in [0.1, 0.15) is 6.04 Å². The second-order valence-electron chi connectivity index (χ2n) is 1.73. The number of carboxylic acid groups (broad SMARTS) is 1. The van der Waals surface area contributed by atoms with Crippen LogP contribution >= 0.6 is 7.82 Å². The minimum atomic E-state index is -4.60. The van der Waals surface area contributed by atoms with Gasteiger partial charge in [0.25, 0.3) is 0 Å². The maximum absolute atomic E-state index is 9.98. The van der Waals surface area contributed by atoms with Crippen LogP contribution < -0.4 is 5.73 Å². The molecule has 0 spiro atoms. The molecule has 0 saturated carbocycles. The molecule has 0 aromatic rings. The highest BCUT2D eigenvalue weighted by atomic mass is 31.2. The van der Waals surface area contributed by atoms with Crippen LogP contribution in [0.2, 0.25) is 0 Å². The van der Waals surface area contributed by atoms with Crippen molar-refractivity contribution in [1.29, 1.82) is 0 Å². The average Bonchev–Trinajstić information content (AvgIpc) is 1.80. The third-order valence-corrected chi connectivity index (χ3v) is 1.22. The Morgan fingerprint density at radius 2 is 2.00 bits per heavy atom. The summed E-state index contributed by atoms with van der Waals surface area (Å²) in [5.74, 6) is -1.38. The second kappa shape index (κ2) is 5.41. The molecule has 74 valence electrons. The molecule has 0 aromatic carbocycles. The molecule has 0 aliphatic heterocycles. The molecule has 12 heavy (non-hydrogen) atoms. The first kappa shape index (κ1) is 14.3. The molecule has 0 bridgehead atoms. The topological polar surface area (TPSA) is 130 Å². The summed E-state index contributed by atoms with van der Waals surface area (Å²) >= 11 is 0. The van der Waals surface area contributed by atoms with Crippen molar-refractivity contribution >= 4 is 24.8 Å². The van der Waals surface area contributed by atoms with E-state index in [1.165, 1.54) is 0 Å². The molecule has 5 N–H and O–H groups in total. The highest BCUT2D eigenvalue weighted by Gasteiger charge is 2.19. The van der Waals surface area contributed by atoms with Gasteiger partial charge in [-0.1, -0.05) is 0 Å². The van der Waals surface area contributed by atoms with Crippen molar-refractivity contribution in [1.82, 2.24) is 0 Å². The Labute approximate surface area is 72.8 Å². The maximum atomic E-state index is 9.98. The number of carbonyl (C=O) groups is 1. The van der Waals surface area contributed by atoms with Gasteiger partial charge in [-0.15, -0.1) is 0 Å². The number of phosphoric ester groups is 1. The highest BCUT2D eigenvalue weighted by molar-refractivity contribution is 7.46. The van der Waals surface area contributed by atoms with E-state index in [-0.39, 0.29) is 11.0 Å². The van der Waals surface area contributed by atoms with Gasteiger partial charge in [-0.25, -0.2) is 4.57 Å². The quantitative estimate of drug-likeness (QED) is 0.292. The molecule has 0 amide bonds. The van der Waals surface area contributed by atoms with Gasteiger partial charge < -0.3 is 20.6 Å². The maximum Gasteiger partial charge on any atom is 0.469 e. The molecule has 0 aliphatic rings. The molecule has 7 nitrogen and oxygen atoms in total. The average molecular weight is 217 g/mol. The predicted octanol–water partition coefficient (Wildman–Crippen LogP) is -2.94. The summed E-state index contributed by atoms with van der Waals surface area (Å²) in [6, 6.07) is -1.41. The van der Waals surface area contributed by atoms with Crippen LogP contribution in [0.4, 0.5) is 0 Å². The second-order valence-corrected chi connectivity index (χ2v) is 2.97. The standard InChI is InChI=1S/C3H8NO6P.H4Si/c4-2(3(5)6)1-10-11(7,8)9;/h2H,1,4H2,(H,5,6)(H2,7,8,9);1H4. The van der Waals surface area contributed by atoms with Gasteiger partial charge in [0.2, 0.25) is 0 Å². The summed E-state index contributed by atoms with van der Waals surface area (Å²) in [7, 11) is -4.60. The first-order chi connectivity index (χ1) is 4.83. The van der Waals surface area contributed by atoms with Crippen LogP contribution in [-0.2, 0) is 13.9 Å². The highest BCUT2D eigenvalue weighted by Crippen LogP contribution is 2.35. The van der Waals surface area contributed by atoms with E-state index in [1.54, 1.807) is 0 Å². The van der Waals surface area contributed by atoms with E-state index in [9.17, 15) is 9.36 Å². The molecule has 0 fully saturated rings. The molecular formula is C3H12NO6PSi. The van der Waals surface area contributed by atoms with E-state index < -0.39 is 26.4 Å². The fourth-order valence-corrected chi connectivity index (χ4v) is 0.603. The van der Waals surface area contributed by atoms with E-state index in [0.717, 1.165) is 0 Å². The zero-order chi connectivity index (χ0) is 9.07. The van der Waals surface area contributed by atoms with Gasteiger partial charge in [-0.2, -0.15) is 0 Å². The van der Waals surface area contributed by atoms with Crippen molar-refractivity contribution in [2.75, 3.05) is 6.61 Å². The Bertz CT molecular complexity index is 191. The SMILES string of the molecule is NC(COP(=O)(O)O)C(=O)O.[SiH4]. The lowest BCUT2D eigenvalue weighted by molar-refractivity contribution is -0.139. The molecule has 1 unspecified atom stereocenters. The molecule has 0 rings (SSSR count). The van der Waals surface area contributed by atoms with Crippen LogP contribution in [-0.4, -0.2) is 44.5 Å². The van der Waals surface area contributed by atoms with Crippen LogP contribution in [0.1, 0.15) is 0 Å². The number of phosphoric acid groups is 1. The number of hydrogen-bond donors (Lipinski definition) is 4. The summed E-state index contributed by atoms with van der Waals surface area (Å²) < 4.78 is 13.8. The Kier molecular flexibility index (Phi) is 6.44. The Hall–Kier alpha value is -0.243. The van der Waals surface area contributed by atoms with Gasteiger partial charge in [0, 0.05) is 0 Å². The molecule has 0 aliphatic carbocycles. The molecular weight excluding hydrogens is 205 g/mol. The fourth-order valence-electron chi connectivity index (χ4n) is 0.249. The van der Waals surface area contributed by atoms with Crippen molar-refractivity contribution in [3.05, 3.63) is 0 Å². The van der Waals surface area contributed by atoms with Crippen molar-refractivity contribution < 1.29 is 28.8 Å². The molecule has 0 saturated heterocycles. The van der Waals surface area contributed by atoms with E-state index >= 15 is 0 Å². The number of nitrogens with two attached hydrogens (primary N) is 1. The van der Waals surface area contributed by atoms with Crippen LogP contribution in [0.25, 0.3) is 0 Å².